The van der Waals surface area contributed by atoms with Gasteiger partial charge in [-0.25, -0.2) is 18.4 Å². The van der Waals surface area contributed by atoms with Gasteiger partial charge in [-0.3, -0.25) is 19.2 Å². The number of primary amides is 1. The zero-order chi connectivity index (χ0) is 35.5. The van der Waals surface area contributed by atoms with Gasteiger partial charge < -0.3 is 25.8 Å². The monoisotopic (exact) mass is 681 g/mol. The molecule has 0 radical (unpaired) electrons. The van der Waals surface area contributed by atoms with Crippen LogP contribution in [0.3, 0.4) is 0 Å². The summed E-state index contributed by atoms with van der Waals surface area (Å²) in [5.41, 5.74) is 6.87. The average molecular weight is 682 g/mol. The molecule has 0 bridgehead atoms. The number of nitrogens with two attached hydrogens (primary N) is 1. The standard InChI is InChI=1S/C35H33F2N9O4/c1-18(2)10-28(44(3)32(48)26-14-21-23(37)12-20(36)13-25(21)40-26)33(49)45-17-35(15-29(45)31(38)47)22-11-19(7-8-24(22)41-34(35)50)27-16-46(43-42-27)30-6-4-5-9-39-30/h4-9,11-14,16,18,28-29,40H,10,15,17H2,1-3H3,(H2,38,47)(H,41,50)/t28-,29?,35-/m0/s1. The van der Waals surface area contributed by atoms with Gasteiger partial charge in [-0.1, -0.05) is 31.2 Å². The number of fused-ring (bicyclic) bond motifs is 3. The Hall–Kier alpha value is -5.99. The lowest BCUT2D eigenvalue weighted by Crippen LogP contribution is -2.54. The zero-order valence-corrected chi connectivity index (χ0v) is 27.4. The van der Waals surface area contributed by atoms with Gasteiger partial charge in [-0.2, -0.15) is 0 Å². The number of carbonyl (C=O) groups excluding carboxylic acids is 4. The summed E-state index contributed by atoms with van der Waals surface area (Å²) in [6, 6.07) is 11.6. The van der Waals surface area contributed by atoms with E-state index in [4.69, 9.17) is 5.73 Å². The van der Waals surface area contributed by atoms with Crippen molar-refractivity contribution in [2.75, 3.05) is 18.9 Å². The largest absolute Gasteiger partial charge is 0.368 e. The number of rotatable bonds is 8. The van der Waals surface area contributed by atoms with Crippen molar-refractivity contribution >= 4 is 40.2 Å². The third-order valence-electron chi connectivity index (χ3n) is 9.51. The number of nitrogens with one attached hydrogen (secondary N) is 2. The van der Waals surface area contributed by atoms with Crippen LogP contribution < -0.4 is 11.1 Å². The highest BCUT2D eigenvalue weighted by atomic mass is 19.1. The molecule has 15 heteroatoms. The van der Waals surface area contributed by atoms with Crippen molar-refractivity contribution < 1.29 is 28.0 Å². The molecule has 13 nitrogen and oxygen atoms in total. The van der Waals surface area contributed by atoms with E-state index >= 15 is 0 Å². The summed E-state index contributed by atoms with van der Waals surface area (Å²) in [6.07, 6.45) is 3.48. The smallest absolute Gasteiger partial charge is 0.270 e. The molecular formula is C35H33F2N9O4. The lowest BCUT2D eigenvalue weighted by atomic mass is 9.79. The first kappa shape index (κ1) is 32.6. The highest BCUT2D eigenvalue weighted by Gasteiger charge is 2.58. The number of halogens is 2. The van der Waals surface area contributed by atoms with Crippen LogP contribution in [0.1, 0.15) is 42.7 Å². The Balaban J connectivity index is 1.21. The Labute approximate surface area is 284 Å². The lowest BCUT2D eigenvalue weighted by Gasteiger charge is -2.33. The molecule has 3 aromatic heterocycles. The Kier molecular flexibility index (Phi) is 7.92. The second-order valence-electron chi connectivity index (χ2n) is 13.2. The number of likely N-dealkylation sites (tertiary alicyclic amines) is 1. The van der Waals surface area contributed by atoms with Crippen LogP contribution >= 0.6 is 0 Å². The summed E-state index contributed by atoms with van der Waals surface area (Å²) in [5.74, 6) is -3.55. The van der Waals surface area contributed by atoms with Crippen LogP contribution in [-0.2, 0) is 19.8 Å². The molecular weight excluding hydrogens is 648 g/mol. The quantitative estimate of drug-likeness (QED) is 0.225. The van der Waals surface area contributed by atoms with E-state index in [9.17, 15) is 28.0 Å². The third kappa shape index (κ3) is 5.44. The van der Waals surface area contributed by atoms with Crippen LogP contribution in [-0.4, -0.2) is 84.1 Å². The molecule has 0 aliphatic carbocycles. The van der Waals surface area contributed by atoms with Crippen molar-refractivity contribution in [2.24, 2.45) is 11.7 Å². The van der Waals surface area contributed by atoms with Gasteiger partial charge in [-0.05, 0) is 60.7 Å². The molecule has 1 unspecified atom stereocenters. The van der Waals surface area contributed by atoms with Crippen LogP contribution in [0.5, 0.6) is 0 Å². The van der Waals surface area contributed by atoms with Crippen molar-refractivity contribution in [3.8, 4) is 17.1 Å². The summed E-state index contributed by atoms with van der Waals surface area (Å²) >= 11 is 0. The molecule has 1 spiro atoms. The van der Waals surface area contributed by atoms with Crippen molar-refractivity contribution in [1.82, 2.24) is 34.8 Å². The molecule has 1 fully saturated rings. The number of aromatic nitrogens is 5. The predicted molar refractivity (Wildman–Crippen MR) is 178 cm³/mol. The number of carbonyl (C=O) groups is 4. The predicted octanol–water partition coefficient (Wildman–Crippen LogP) is 3.55. The third-order valence-corrected chi connectivity index (χ3v) is 9.51. The van der Waals surface area contributed by atoms with Gasteiger partial charge in [0, 0.05) is 42.5 Å². The number of hydrogen-bond acceptors (Lipinski definition) is 7. The van der Waals surface area contributed by atoms with E-state index in [-0.39, 0.29) is 47.8 Å². The molecule has 0 saturated carbocycles. The van der Waals surface area contributed by atoms with E-state index in [1.807, 2.05) is 19.9 Å². The van der Waals surface area contributed by atoms with E-state index in [1.54, 1.807) is 42.7 Å². The molecule has 1 saturated heterocycles. The molecule has 7 rings (SSSR count). The fourth-order valence-corrected chi connectivity index (χ4v) is 6.99. The van der Waals surface area contributed by atoms with Crippen molar-refractivity contribution in [1.29, 1.82) is 0 Å². The molecule has 2 aliphatic rings. The first-order chi connectivity index (χ1) is 23.9. The molecule has 256 valence electrons. The zero-order valence-electron chi connectivity index (χ0n) is 27.4. The number of pyridine rings is 1. The van der Waals surface area contributed by atoms with Gasteiger partial charge >= 0.3 is 0 Å². The molecule has 2 aliphatic heterocycles. The SMILES string of the molecule is CC(C)C[C@@H](C(=O)N1C[C@]2(CC1C(N)=O)C(=O)Nc1ccc(-c3cn(-c4ccccn4)nn3)cc12)N(C)C(=O)c1cc2c(F)cc(F)cc2[nH]1. The minimum Gasteiger partial charge on any atom is -0.368 e. The number of anilines is 1. The average Bonchev–Trinajstić information content (AvgIpc) is 3.88. The van der Waals surface area contributed by atoms with E-state index < -0.39 is 46.9 Å². The minimum atomic E-state index is -1.32. The van der Waals surface area contributed by atoms with Crippen LogP contribution in [0.4, 0.5) is 14.5 Å². The maximum atomic E-state index is 14.5. The number of H-pyrrole nitrogens is 1. The highest BCUT2D eigenvalue weighted by molar-refractivity contribution is 6.09. The fourth-order valence-electron chi connectivity index (χ4n) is 6.99. The molecule has 5 aromatic rings. The summed E-state index contributed by atoms with van der Waals surface area (Å²) in [5, 5.41) is 11.4. The Bertz CT molecular complexity index is 2180. The Morgan fingerprint density at radius 3 is 2.64 bits per heavy atom. The van der Waals surface area contributed by atoms with Crippen molar-refractivity contribution in [2.45, 2.75) is 44.2 Å². The van der Waals surface area contributed by atoms with E-state index in [0.717, 1.165) is 12.1 Å². The number of nitrogens with zero attached hydrogens (tertiary/aromatic N) is 6. The number of hydrogen-bond donors (Lipinski definition) is 3. The minimum absolute atomic E-state index is 0.0229. The summed E-state index contributed by atoms with van der Waals surface area (Å²) in [6.45, 7) is 3.59. The maximum absolute atomic E-state index is 14.5. The van der Waals surface area contributed by atoms with Gasteiger partial charge in [-0.15, -0.1) is 5.10 Å². The first-order valence-electron chi connectivity index (χ1n) is 16.0. The maximum Gasteiger partial charge on any atom is 0.270 e. The number of aromatic amines is 1. The van der Waals surface area contributed by atoms with Crippen LogP contribution in [0.15, 0.2) is 67.0 Å². The topological polar surface area (TPSA) is 172 Å². The molecule has 4 amide bonds. The number of amides is 4. The fraction of sp³-hybridized carbons (Fsp3) is 0.286. The van der Waals surface area contributed by atoms with Gasteiger partial charge in [0.2, 0.25) is 17.7 Å². The van der Waals surface area contributed by atoms with E-state index in [2.05, 4.69) is 25.6 Å². The van der Waals surface area contributed by atoms with Crippen molar-refractivity contribution in [3.63, 3.8) is 0 Å². The van der Waals surface area contributed by atoms with E-state index in [0.29, 0.717) is 28.3 Å². The second-order valence-corrected chi connectivity index (χ2v) is 13.2. The summed E-state index contributed by atoms with van der Waals surface area (Å²) < 4.78 is 29.8. The first-order valence-corrected chi connectivity index (χ1v) is 16.0. The summed E-state index contributed by atoms with van der Waals surface area (Å²) in [4.78, 5) is 64.5. The molecule has 50 heavy (non-hydrogen) atoms. The van der Waals surface area contributed by atoms with Gasteiger partial charge in [0.25, 0.3) is 5.91 Å². The van der Waals surface area contributed by atoms with Crippen LogP contribution in [0.25, 0.3) is 28.0 Å². The molecule has 2 aromatic carbocycles. The van der Waals surface area contributed by atoms with Crippen molar-refractivity contribution in [3.05, 3.63) is 89.9 Å². The summed E-state index contributed by atoms with van der Waals surface area (Å²) in [7, 11) is 1.43. The van der Waals surface area contributed by atoms with Crippen LogP contribution in [0.2, 0.25) is 0 Å². The Morgan fingerprint density at radius 2 is 1.92 bits per heavy atom. The van der Waals surface area contributed by atoms with E-state index in [1.165, 1.54) is 27.6 Å². The van der Waals surface area contributed by atoms with Gasteiger partial charge in [0.1, 0.15) is 35.1 Å². The van der Waals surface area contributed by atoms with Gasteiger partial charge in [0.05, 0.1) is 17.1 Å². The normalized spacial score (nSPS) is 18.9. The molecule has 5 heterocycles. The number of likely N-dealkylation sites (N-methyl/N-ethyl adjacent to an activating group) is 1. The second kappa shape index (κ2) is 12.2. The van der Waals surface area contributed by atoms with Gasteiger partial charge in [0.15, 0.2) is 5.82 Å². The molecule has 4 N–H and O–H groups in total. The Morgan fingerprint density at radius 1 is 1.12 bits per heavy atom. The lowest BCUT2D eigenvalue weighted by molar-refractivity contribution is -0.141. The number of benzene rings is 2. The molecule has 3 atom stereocenters. The van der Waals surface area contributed by atoms with Crippen LogP contribution in [0, 0.1) is 17.6 Å². The highest BCUT2D eigenvalue weighted by Crippen LogP contribution is 2.48.